The van der Waals surface area contributed by atoms with E-state index in [-0.39, 0.29) is 0 Å². The number of hydrogen-bond donors (Lipinski definition) is 0. The molecule has 0 aliphatic carbocycles. The predicted molar refractivity (Wildman–Crippen MR) is 103 cm³/mol. The third-order valence-corrected chi connectivity index (χ3v) is 4.81. The molecule has 2 aromatic heterocycles. The van der Waals surface area contributed by atoms with Crippen molar-refractivity contribution < 1.29 is 4.42 Å². The van der Waals surface area contributed by atoms with Crippen LogP contribution < -0.4 is 4.90 Å². The first-order valence-electron chi connectivity index (χ1n) is 9.05. The molecule has 1 aromatic carbocycles. The lowest BCUT2D eigenvalue weighted by molar-refractivity contribution is 0.231. The lowest BCUT2D eigenvalue weighted by Gasteiger charge is -2.34. The van der Waals surface area contributed by atoms with E-state index in [2.05, 4.69) is 31.9 Å². The van der Waals surface area contributed by atoms with Gasteiger partial charge >= 0.3 is 0 Å². The maximum atomic E-state index is 9.27. The zero-order valence-electron chi connectivity index (χ0n) is 15.2. The van der Waals surface area contributed by atoms with Crippen molar-refractivity contribution in [2.45, 2.75) is 6.54 Å². The van der Waals surface area contributed by atoms with E-state index in [0.717, 1.165) is 37.5 Å². The van der Waals surface area contributed by atoms with E-state index in [1.807, 2.05) is 30.3 Å². The molecule has 138 valence electrons. The highest BCUT2D eigenvalue weighted by atomic mass is 16.3. The highest BCUT2D eigenvalue weighted by Gasteiger charge is 2.21. The van der Waals surface area contributed by atoms with Crippen LogP contribution in [0.2, 0.25) is 0 Å². The van der Waals surface area contributed by atoms with Gasteiger partial charge in [0.25, 0.3) is 0 Å². The third kappa shape index (κ3) is 3.57. The fraction of sp³-hybridized carbons (Fsp3) is 0.238. The van der Waals surface area contributed by atoms with Crippen molar-refractivity contribution in [2.24, 2.45) is 0 Å². The predicted octanol–water partition coefficient (Wildman–Crippen LogP) is 2.80. The molecule has 0 atom stereocenters. The van der Waals surface area contributed by atoms with E-state index in [4.69, 9.17) is 4.42 Å². The Hall–Kier alpha value is -3.68. The Morgan fingerprint density at radius 1 is 0.929 bits per heavy atom. The largest absolute Gasteiger partial charge is 0.460 e. The van der Waals surface area contributed by atoms with E-state index in [1.54, 1.807) is 12.3 Å². The summed E-state index contributed by atoms with van der Waals surface area (Å²) in [5.74, 6) is 2.23. The van der Waals surface area contributed by atoms with Crippen molar-refractivity contribution >= 4 is 5.82 Å². The van der Waals surface area contributed by atoms with Crippen molar-refractivity contribution in [1.29, 1.82) is 10.5 Å². The topological polar surface area (TPSA) is 93.0 Å². The van der Waals surface area contributed by atoms with E-state index in [0.29, 0.717) is 29.4 Å². The van der Waals surface area contributed by atoms with Gasteiger partial charge < -0.3 is 9.32 Å². The number of nitriles is 2. The monoisotopic (exact) mass is 370 g/mol. The van der Waals surface area contributed by atoms with Gasteiger partial charge in [0.1, 0.15) is 17.6 Å². The quantitative estimate of drug-likeness (QED) is 0.697. The molecule has 0 unspecified atom stereocenters. The fourth-order valence-corrected chi connectivity index (χ4v) is 3.38. The second-order valence-corrected chi connectivity index (χ2v) is 6.53. The van der Waals surface area contributed by atoms with Crippen molar-refractivity contribution in [3.8, 4) is 23.5 Å². The molecule has 0 N–H and O–H groups in total. The molecule has 0 radical (unpaired) electrons. The average Bonchev–Trinajstić information content (AvgIpc) is 3.22. The molecule has 1 saturated heterocycles. The van der Waals surface area contributed by atoms with Crippen LogP contribution in [0.15, 0.2) is 53.2 Å². The molecular weight excluding hydrogens is 352 g/mol. The summed E-state index contributed by atoms with van der Waals surface area (Å²) in [4.78, 5) is 12.8. The molecular formula is C21H18N6O. The molecule has 0 amide bonds. The Morgan fingerprint density at radius 3 is 2.50 bits per heavy atom. The van der Waals surface area contributed by atoms with Crippen LogP contribution in [0.25, 0.3) is 11.3 Å². The van der Waals surface area contributed by atoms with Gasteiger partial charge in [-0.25, -0.2) is 9.97 Å². The van der Waals surface area contributed by atoms with Gasteiger partial charge in [0.2, 0.25) is 0 Å². The van der Waals surface area contributed by atoms with Gasteiger partial charge in [-0.05, 0) is 24.3 Å². The third-order valence-electron chi connectivity index (χ3n) is 4.81. The summed E-state index contributed by atoms with van der Waals surface area (Å²) in [5.41, 5.74) is 1.78. The molecule has 3 aromatic rings. The van der Waals surface area contributed by atoms with E-state index in [1.165, 1.54) is 6.20 Å². The molecule has 4 rings (SSSR count). The minimum absolute atomic E-state index is 0.364. The fourth-order valence-electron chi connectivity index (χ4n) is 3.38. The highest BCUT2D eigenvalue weighted by Crippen LogP contribution is 2.26. The summed E-state index contributed by atoms with van der Waals surface area (Å²) in [6.45, 7) is 3.93. The molecule has 3 heterocycles. The number of rotatable bonds is 4. The number of benzene rings is 1. The average molecular weight is 370 g/mol. The molecule has 1 aliphatic heterocycles. The number of aromatic nitrogens is 2. The Kier molecular flexibility index (Phi) is 5.01. The van der Waals surface area contributed by atoms with Crippen LogP contribution in [0.1, 0.15) is 17.0 Å². The van der Waals surface area contributed by atoms with Crippen molar-refractivity contribution in [3.05, 3.63) is 65.8 Å². The Labute approximate surface area is 163 Å². The van der Waals surface area contributed by atoms with Crippen LogP contribution in [0, 0.1) is 22.7 Å². The zero-order valence-corrected chi connectivity index (χ0v) is 15.2. The van der Waals surface area contributed by atoms with Gasteiger partial charge in [-0.1, -0.05) is 12.1 Å². The molecule has 7 nitrogen and oxygen atoms in total. The minimum atomic E-state index is 0.364. The van der Waals surface area contributed by atoms with E-state index in [9.17, 15) is 10.5 Å². The SMILES string of the molecule is N#Cc1ccccc1-c1ccc(CN2CCN(c3nccnc3C#N)CC2)o1. The zero-order chi connectivity index (χ0) is 19.3. The maximum Gasteiger partial charge on any atom is 0.183 e. The summed E-state index contributed by atoms with van der Waals surface area (Å²) < 4.78 is 5.99. The van der Waals surface area contributed by atoms with Gasteiger partial charge in [0.15, 0.2) is 11.5 Å². The number of piperazine rings is 1. The number of nitrogens with zero attached hydrogens (tertiary/aromatic N) is 6. The van der Waals surface area contributed by atoms with Gasteiger partial charge in [0, 0.05) is 44.1 Å². The first-order valence-corrected chi connectivity index (χ1v) is 9.05. The van der Waals surface area contributed by atoms with Crippen LogP contribution in [-0.4, -0.2) is 41.0 Å². The Balaban J connectivity index is 1.40. The van der Waals surface area contributed by atoms with Gasteiger partial charge in [-0.15, -0.1) is 0 Å². The lowest BCUT2D eigenvalue weighted by atomic mass is 10.1. The number of anilines is 1. The normalized spacial score (nSPS) is 14.4. The Bertz CT molecular complexity index is 1050. The van der Waals surface area contributed by atoms with E-state index >= 15 is 0 Å². The van der Waals surface area contributed by atoms with Crippen LogP contribution in [-0.2, 0) is 6.54 Å². The second-order valence-electron chi connectivity index (χ2n) is 6.53. The lowest BCUT2D eigenvalue weighted by Crippen LogP contribution is -2.46. The maximum absolute atomic E-state index is 9.27. The number of hydrogen-bond acceptors (Lipinski definition) is 7. The molecule has 0 spiro atoms. The molecule has 1 aliphatic rings. The minimum Gasteiger partial charge on any atom is -0.460 e. The summed E-state index contributed by atoms with van der Waals surface area (Å²) in [6.07, 6.45) is 3.16. The van der Waals surface area contributed by atoms with Crippen LogP contribution in [0.3, 0.4) is 0 Å². The molecule has 1 fully saturated rings. The molecule has 28 heavy (non-hydrogen) atoms. The second kappa shape index (κ2) is 7.91. The summed E-state index contributed by atoms with van der Waals surface area (Å²) in [7, 11) is 0. The molecule has 7 heteroatoms. The smallest absolute Gasteiger partial charge is 0.183 e. The first-order chi connectivity index (χ1) is 13.8. The van der Waals surface area contributed by atoms with Crippen LogP contribution in [0.5, 0.6) is 0 Å². The number of furan rings is 1. The highest BCUT2D eigenvalue weighted by molar-refractivity contribution is 5.66. The van der Waals surface area contributed by atoms with Crippen LogP contribution >= 0.6 is 0 Å². The summed E-state index contributed by atoms with van der Waals surface area (Å²) >= 11 is 0. The summed E-state index contributed by atoms with van der Waals surface area (Å²) in [6, 6.07) is 15.6. The summed E-state index contributed by atoms with van der Waals surface area (Å²) in [5, 5.41) is 18.5. The first kappa shape index (κ1) is 17.7. The molecule has 0 saturated carbocycles. The van der Waals surface area contributed by atoms with Gasteiger partial charge in [-0.2, -0.15) is 10.5 Å². The van der Waals surface area contributed by atoms with E-state index < -0.39 is 0 Å². The standard InChI is InChI=1S/C21H18N6O/c22-13-16-3-1-2-4-18(16)20-6-5-17(28-20)15-26-9-11-27(12-10-26)21-19(14-23)24-7-8-25-21/h1-8H,9-12,15H2. The van der Waals surface area contributed by atoms with Crippen molar-refractivity contribution in [1.82, 2.24) is 14.9 Å². The van der Waals surface area contributed by atoms with Gasteiger partial charge in [0.05, 0.1) is 18.2 Å². The van der Waals surface area contributed by atoms with Gasteiger partial charge in [-0.3, -0.25) is 4.90 Å². The van der Waals surface area contributed by atoms with Crippen molar-refractivity contribution in [2.75, 3.05) is 31.1 Å². The van der Waals surface area contributed by atoms with Crippen molar-refractivity contribution in [3.63, 3.8) is 0 Å². The molecule has 0 bridgehead atoms. The van der Waals surface area contributed by atoms with Crippen LogP contribution in [0.4, 0.5) is 5.82 Å². The Morgan fingerprint density at radius 2 is 1.71 bits per heavy atom.